The number of carbonyl (C=O) groups excluding carboxylic acids is 1. The molecule has 2 aromatic carbocycles. The number of nitrogens with zero attached hydrogens (tertiary/aromatic N) is 4. The van der Waals surface area contributed by atoms with Crippen LogP contribution in [0.1, 0.15) is 30.9 Å². The third-order valence-corrected chi connectivity index (χ3v) is 9.41. The second-order valence-electron chi connectivity index (χ2n) is 12.4. The van der Waals surface area contributed by atoms with Crippen LogP contribution in [0.5, 0.6) is 5.88 Å². The van der Waals surface area contributed by atoms with E-state index >= 15 is 0 Å². The Morgan fingerprint density at radius 3 is 2.45 bits per heavy atom. The topological polar surface area (TPSA) is 121 Å². The van der Waals surface area contributed by atoms with Gasteiger partial charge < -0.3 is 20.5 Å². The zero-order valence-corrected chi connectivity index (χ0v) is 29.1. The molecule has 0 saturated carbocycles. The van der Waals surface area contributed by atoms with Gasteiger partial charge in [-0.1, -0.05) is 65.7 Å². The second kappa shape index (κ2) is 15.1. The number of aliphatic hydroxyl groups is 1. The predicted octanol–water partition coefficient (Wildman–Crippen LogP) is 5.59. The van der Waals surface area contributed by atoms with Crippen LogP contribution in [0.2, 0.25) is 10.0 Å². The first kappa shape index (κ1) is 34.5. The molecular formula is C37H38Cl2N6O4. The molecule has 2 atom stereocenters. The molecule has 0 aliphatic carbocycles. The van der Waals surface area contributed by atoms with Gasteiger partial charge >= 0.3 is 0 Å². The van der Waals surface area contributed by atoms with Gasteiger partial charge in [0.15, 0.2) is 0 Å². The summed E-state index contributed by atoms with van der Waals surface area (Å²) >= 11 is 14.2. The summed E-state index contributed by atoms with van der Waals surface area (Å²) in [5, 5.41) is 17.0. The summed E-state index contributed by atoms with van der Waals surface area (Å²) in [6, 6.07) is 19.2. The van der Waals surface area contributed by atoms with Crippen molar-refractivity contribution < 1.29 is 14.6 Å². The van der Waals surface area contributed by atoms with E-state index in [0.29, 0.717) is 65.4 Å². The number of benzene rings is 2. The minimum atomic E-state index is -0.499. The number of aliphatic hydroxyl groups excluding tert-OH is 1. The molecule has 1 aliphatic heterocycles. The average molecular weight is 702 g/mol. The van der Waals surface area contributed by atoms with Crippen molar-refractivity contribution in [3.63, 3.8) is 0 Å². The van der Waals surface area contributed by atoms with Crippen molar-refractivity contribution in [2.45, 2.75) is 45.0 Å². The number of ether oxygens (including phenoxy) is 1. The quantitative estimate of drug-likeness (QED) is 0.154. The molecule has 5 aromatic rings. The lowest BCUT2D eigenvalue weighted by molar-refractivity contribution is -0.119. The summed E-state index contributed by atoms with van der Waals surface area (Å²) in [5.41, 5.74) is 6.23. The molecule has 12 heteroatoms. The van der Waals surface area contributed by atoms with Crippen molar-refractivity contribution in [1.29, 1.82) is 0 Å². The highest BCUT2D eigenvalue weighted by Gasteiger charge is 2.21. The normalized spacial score (nSPS) is 15.2. The number of rotatable bonds is 12. The largest absolute Gasteiger partial charge is 0.481 e. The summed E-state index contributed by atoms with van der Waals surface area (Å²) in [4.78, 5) is 35.9. The van der Waals surface area contributed by atoms with Crippen LogP contribution in [0, 0.1) is 0 Å². The Labute approximate surface area is 294 Å². The minimum Gasteiger partial charge on any atom is -0.481 e. The number of nitrogens with one attached hydrogen (secondary N) is 2. The average Bonchev–Trinajstić information content (AvgIpc) is 3.50. The van der Waals surface area contributed by atoms with Crippen molar-refractivity contribution in [3.8, 4) is 39.4 Å². The number of carbonyl (C=O) groups is 1. The van der Waals surface area contributed by atoms with E-state index in [9.17, 15) is 14.7 Å². The molecule has 1 fully saturated rings. The summed E-state index contributed by atoms with van der Waals surface area (Å²) in [5.74, 6) is 0.584. The molecule has 49 heavy (non-hydrogen) atoms. The molecule has 3 aromatic heterocycles. The Hall–Kier alpha value is -4.32. The van der Waals surface area contributed by atoms with Gasteiger partial charge in [0, 0.05) is 78.9 Å². The first-order chi connectivity index (χ1) is 23.6. The van der Waals surface area contributed by atoms with Gasteiger partial charge in [-0.3, -0.25) is 18.9 Å². The number of aromatic nitrogens is 3. The highest BCUT2D eigenvalue weighted by atomic mass is 35.5. The van der Waals surface area contributed by atoms with Crippen LogP contribution in [0.15, 0.2) is 77.9 Å². The maximum Gasteiger partial charge on any atom is 0.262 e. The monoisotopic (exact) mass is 700 g/mol. The van der Waals surface area contributed by atoms with Gasteiger partial charge in [-0.25, -0.2) is 9.97 Å². The van der Waals surface area contributed by atoms with E-state index in [0.717, 1.165) is 39.8 Å². The van der Waals surface area contributed by atoms with E-state index in [1.807, 2.05) is 72.6 Å². The molecule has 254 valence electrons. The molecule has 0 spiro atoms. The van der Waals surface area contributed by atoms with Gasteiger partial charge in [0.2, 0.25) is 11.8 Å². The van der Waals surface area contributed by atoms with Crippen molar-refractivity contribution in [2.75, 3.05) is 27.2 Å². The Bertz CT molecular complexity index is 2070. The third kappa shape index (κ3) is 7.64. The van der Waals surface area contributed by atoms with Crippen LogP contribution >= 0.6 is 23.2 Å². The zero-order chi connectivity index (χ0) is 34.7. The molecule has 10 nitrogen and oxygen atoms in total. The maximum absolute atomic E-state index is 13.2. The maximum atomic E-state index is 13.2. The molecule has 1 saturated heterocycles. The van der Waals surface area contributed by atoms with E-state index in [1.54, 1.807) is 26.4 Å². The highest BCUT2D eigenvalue weighted by Crippen LogP contribution is 2.42. The fourth-order valence-corrected chi connectivity index (χ4v) is 6.90. The molecule has 1 amide bonds. The summed E-state index contributed by atoms with van der Waals surface area (Å²) in [6.45, 7) is 3.75. The second-order valence-corrected chi connectivity index (χ2v) is 13.2. The fraction of sp³-hybridized carbons (Fsp3) is 0.297. The number of pyridine rings is 2. The third-order valence-electron chi connectivity index (χ3n) is 8.60. The predicted molar refractivity (Wildman–Crippen MR) is 193 cm³/mol. The van der Waals surface area contributed by atoms with Gasteiger partial charge in [0.25, 0.3) is 5.56 Å². The van der Waals surface area contributed by atoms with Crippen LogP contribution in [0.25, 0.3) is 39.2 Å². The number of fused-ring (bicyclic) bond motifs is 1. The fourth-order valence-electron chi connectivity index (χ4n) is 6.24. The smallest absolute Gasteiger partial charge is 0.262 e. The van der Waals surface area contributed by atoms with Crippen molar-refractivity contribution in [3.05, 3.63) is 105 Å². The van der Waals surface area contributed by atoms with Gasteiger partial charge in [-0.2, -0.15) is 0 Å². The van der Waals surface area contributed by atoms with Gasteiger partial charge in [-0.05, 0) is 44.2 Å². The first-order valence-electron chi connectivity index (χ1n) is 16.1. The van der Waals surface area contributed by atoms with Gasteiger partial charge in [0.05, 0.1) is 34.5 Å². The first-order valence-corrected chi connectivity index (χ1v) is 16.9. The van der Waals surface area contributed by atoms with E-state index < -0.39 is 6.10 Å². The minimum absolute atomic E-state index is 0.0929. The molecule has 1 aliphatic rings. The van der Waals surface area contributed by atoms with Crippen LogP contribution < -0.4 is 20.9 Å². The Balaban J connectivity index is 1.26. The van der Waals surface area contributed by atoms with Crippen LogP contribution in [0.3, 0.4) is 0 Å². The molecule has 0 radical (unpaired) electrons. The Morgan fingerprint density at radius 1 is 1.04 bits per heavy atom. The SMILES string of the molecule is COc1nc(-c2cccc(-c3cccc(-c4ccn5c(=O)c(CN(C)CC(C)O)cnc5c4)c3Cl)c2Cl)ccc1CNCC1CCC(=O)N1. The van der Waals surface area contributed by atoms with Crippen LogP contribution in [-0.4, -0.2) is 69.7 Å². The standard InChI is InChI=1S/C37H38Cl2N6O4/c1-22(46)20-44(2)21-25-18-41-32-16-23(14-15-45(32)37(25)48)27-6-4-7-28(34(27)38)29-8-5-9-30(35(29)39)31-12-10-24(36(43-31)49-3)17-40-19-26-11-13-33(47)42-26/h4-10,12,14-16,18,22,26,40,46H,11,13,17,19-21H2,1-3H3,(H,42,47). The number of amides is 1. The van der Waals surface area contributed by atoms with E-state index in [2.05, 4.69) is 15.6 Å². The lowest BCUT2D eigenvalue weighted by Crippen LogP contribution is -2.35. The summed E-state index contributed by atoms with van der Waals surface area (Å²) in [6.07, 6.45) is 4.19. The number of hydrogen-bond acceptors (Lipinski definition) is 8. The van der Waals surface area contributed by atoms with Crippen molar-refractivity contribution in [2.24, 2.45) is 0 Å². The Kier molecular flexibility index (Phi) is 10.6. The lowest BCUT2D eigenvalue weighted by Gasteiger charge is -2.18. The summed E-state index contributed by atoms with van der Waals surface area (Å²) < 4.78 is 7.16. The van der Waals surface area contributed by atoms with E-state index in [-0.39, 0.29) is 17.5 Å². The lowest BCUT2D eigenvalue weighted by atomic mass is 9.97. The molecule has 0 bridgehead atoms. The van der Waals surface area contributed by atoms with Crippen LogP contribution in [0.4, 0.5) is 0 Å². The Morgan fingerprint density at radius 2 is 1.76 bits per heavy atom. The number of hydrogen-bond donors (Lipinski definition) is 3. The zero-order valence-electron chi connectivity index (χ0n) is 27.5. The van der Waals surface area contributed by atoms with Crippen molar-refractivity contribution in [1.82, 2.24) is 29.9 Å². The molecule has 3 N–H and O–H groups in total. The molecule has 6 rings (SSSR count). The molecule has 2 unspecified atom stereocenters. The molecule has 4 heterocycles. The number of likely N-dealkylation sites (N-methyl/N-ethyl adjacent to an activating group) is 1. The molecular weight excluding hydrogens is 663 g/mol. The summed E-state index contributed by atoms with van der Waals surface area (Å²) in [7, 11) is 3.44. The number of methoxy groups -OCH3 is 1. The highest BCUT2D eigenvalue weighted by molar-refractivity contribution is 6.39. The van der Waals surface area contributed by atoms with Crippen molar-refractivity contribution >= 4 is 34.8 Å². The van der Waals surface area contributed by atoms with E-state index in [4.69, 9.17) is 32.9 Å². The number of halogens is 2. The van der Waals surface area contributed by atoms with E-state index in [1.165, 1.54) is 4.40 Å². The van der Waals surface area contributed by atoms with Gasteiger partial charge in [0.1, 0.15) is 5.65 Å². The van der Waals surface area contributed by atoms with Crippen LogP contribution in [-0.2, 0) is 17.9 Å². The van der Waals surface area contributed by atoms with Gasteiger partial charge in [-0.15, -0.1) is 0 Å².